The number of aromatic nitrogens is 4. The highest BCUT2D eigenvalue weighted by atomic mass is 16.7. The Morgan fingerprint density at radius 1 is 0.978 bits per heavy atom. The Balaban J connectivity index is 1.55. The van der Waals surface area contributed by atoms with E-state index in [1.165, 1.54) is 13.3 Å². The van der Waals surface area contributed by atoms with Crippen LogP contribution in [-0.4, -0.2) is 127 Å². The first kappa shape index (κ1) is 35.6. The van der Waals surface area contributed by atoms with Gasteiger partial charge in [0.15, 0.2) is 18.7 Å². The fraction of sp³-hybridized carbons (Fsp3) is 0.667. The molecule has 4 unspecified atom stereocenters. The summed E-state index contributed by atoms with van der Waals surface area (Å²) in [5.74, 6) is -0.743. The van der Waals surface area contributed by atoms with Crippen molar-refractivity contribution in [3.8, 4) is 11.4 Å². The van der Waals surface area contributed by atoms with Gasteiger partial charge in [-0.15, -0.1) is 20.4 Å². The van der Waals surface area contributed by atoms with Crippen LogP contribution >= 0.6 is 0 Å². The highest BCUT2D eigenvalue weighted by Gasteiger charge is 2.54. The third-order valence-corrected chi connectivity index (χ3v) is 7.73. The zero-order chi connectivity index (χ0) is 33.8. The molecule has 0 aliphatic carbocycles. The number of ether oxygens (including phenoxy) is 4. The number of carbonyl (C=O) groups excluding carboxylic acids is 2. The van der Waals surface area contributed by atoms with Crippen molar-refractivity contribution in [3.05, 3.63) is 36.2 Å². The van der Waals surface area contributed by atoms with Gasteiger partial charge in [0.2, 0.25) is 11.7 Å². The minimum Gasteiger partial charge on any atom is -0.394 e. The van der Waals surface area contributed by atoms with Gasteiger partial charge in [-0.3, -0.25) is 9.59 Å². The molecule has 2 fully saturated rings. The van der Waals surface area contributed by atoms with Crippen molar-refractivity contribution in [2.45, 2.75) is 115 Å². The number of aliphatic hydroxyl groups is 4. The molecule has 2 saturated heterocycles. The Bertz CT molecular complexity index is 1300. The molecule has 46 heavy (non-hydrogen) atoms. The van der Waals surface area contributed by atoms with Crippen LogP contribution in [0.3, 0.4) is 0 Å². The van der Waals surface area contributed by atoms with Gasteiger partial charge in [0.25, 0.3) is 5.91 Å². The van der Waals surface area contributed by atoms with Crippen molar-refractivity contribution in [2.75, 3.05) is 6.61 Å². The summed E-state index contributed by atoms with van der Waals surface area (Å²) < 4.78 is 23.9. The van der Waals surface area contributed by atoms with Gasteiger partial charge in [0.05, 0.1) is 24.9 Å². The Labute approximate surface area is 266 Å². The Morgan fingerprint density at radius 2 is 1.63 bits per heavy atom. The maximum absolute atomic E-state index is 13.5. The van der Waals surface area contributed by atoms with Gasteiger partial charge in [-0.2, -0.15) is 0 Å². The number of nitrogens with one attached hydrogen (secondary N) is 2. The van der Waals surface area contributed by atoms with Gasteiger partial charge in [0, 0.05) is 19.0 Å². The molecule has 3 heterocycles. The van der Waals surface area contributed by atoms with E-state index in [2.05, 4.69) is 31.0 Å². The minimum absolute atomic E-state index is 0.0818. The molecule has 0 saturated carbocycles. The van der Waals surface area contributed by atoms with Crippen LogP contribution in [-0.2, 0) is 35.1 Å². The average molecular weight is 649 g/mol. The third kappa shape index (κ3) is 8.38. The normalized spacial score (nSPS) is 31.8. The van der Waals surface area contributed by atoms with Crippen molar-refractivity contribution in [1.29, 1.82) is 0 Å². The zero-order valence-electron chi connectivity index (χ0n) is 26.7. The lowest BCUT2D eigenvalue weighted by atomic mass is 9.78. The molecule has 0 radical (unpaired) electrons. The number of nitrogens with zero attached hydrogens (tertiary/aromatic N) is 4. The predicted molar refractivity (Wildman–Crippen MR) is 159 cm³/mol. The van der Waals surface area contributed by atoms with Gasteiger partial charge in [0.1, 0.15) is 36.6 Å². The maximum Gasteiger partial charge on any atom is 0.252 e. The van der Waals surface area contributed by atoms with Crippen LogP contribution in [0.1, 0.15) is 47.1 Å². The van der Waals surface area contributed by atoms with Crippen molar-refractivity contribution in [2.24, 2.45) is 5.41 Å². The summed E-state index contributed by atoms with van der Waals surface area (Å²) in [6, 6.07) is 6.08. The van der Waals surface area contributed by atoms with Gasteiger partial charge in [-0.25, -0.2) is 0 Å². The zero-order valence-corrected chi connectivity index (χ0v) is 26.7. The SMILES string of the molecule is CC(=O)NC1[C@@H](O[C@@H]2OC(C(=O)NCc3ccc(-c4nncnn4)cc3)[C@@H](OC(C)C)[C@H](O)C2O)[C@H](O)C(CO)O[C@H]1C(C)(C)C. The molecule has 254 valence electrons. The van der Waals surface area contributed by atoms with E-state index in [0.29, 0.717) is 11.4 Å². The summed E-state index contributed by atoms with van der Waals surface area (Å²) >= 11 is 0. The fourth-order valence-corrected chi connectivity index (χ4v) is 5.56. The van der Waals surface area contributed by atoms with Crippen molar-refractivity contribution in [1.82, 2.24) is 31.0 Å². The van der Waals surface area contributed by atoms with Crippen molar-refractivity contribution in [3.63, 3.8) is 0 Å². The number of rotatable bonds is 10. The van der Waals surface area contributed by atoms with Crippen LogP contribution in [0.2, 0.25) is 0 Å². The molecule has 1 aromatic heterocycles. The summed E-state index contributed by atoms with van der Waals surface area (Å²) in [5.41, 5.74) is 0.817. The van der Waals surface area contributed by atoms with Gasteiger partial charge in [-0.05, 0) is 24.8 Å². The minimum atomic E-state index is -1.71. The maximum atomic E-state index is 13.5. The molecule has 10 atom stereocenters. The summed E-state index contributed by atoms with van der Waals surface area (Å²) in [4.78, 5) is 25.7. The van der Waals surface area contributed by atoms with E-state index in [1.807, 2.05) is 20.8 Å². The second-order valence-electron chi connectivity index (χ2n) is 12.8. The van der Waals surface area contributed by atoms with E-state index in [-0.39, 0.29) is 6.54 Å². The second kappa shape index (κ2) is 15.1. The first-order valence-corrected chi connectivity index (χ1v) is 15.1. The first-order chi connectivity index (χ1) is 21.7. The average Bonchev–Trinajstić information content (AvgIpc) is 3.00. The Kier molecular flexibility index (Phi) is 11.7. The second-order valence-corrected chi connectivity index (χ2v) is 12.8. The molecule has 16 heteroatoms. The monoisotopic (exact) mass is 648 g/mol. The van der Waals surface area contributed by atoms with E-state index in [4.69, 9.17) is 18.9 Å². The van der Waals surface area contributed by atoms with Gasteiger partial charge >= 0.3 is 0 Å². The molecular weight excluding hydrogens is 604 g/mol. The lowest BCUT2D eigenvalue weighted by Crippen LogP contribution is -2.70. The quantitative estimate of drug-likeness (QED) is 0.179. The molecule has 16 nitrogen and oxygen atoms in total. The Hall–Kier alpha value is -3.22. The smallest absolute Gasteiger partial charge is 0.252 e. The molecule has 1 aromatic carbocycles. The molecule has 2 aromatic rings. The molecule has 0 bridgehead atoms. The van der Waals surface area contributed by atoms with Gasteiger partial charge in [-0.1, -0.05) is 45.0 Å². The standard InChI is InChI=1S/C30H44N6O10/c1-14(2)43-24-21(40)22(41)29(45-23-19(34-15(3)38)26(30(4,5)6)44-18(12-37)20(23)39)46-25(24)28(42)31-11-16-7-9-17(10-8-16)27-35-32-13-33-36-27/h7-10,13-14,18-26,29,37,39-41H,11-12H2,1-6H3,(H,31,42)(H,34,38)/t18?,19?,20-,21-,22?,23-,24+,25?,26-,29-/m1/s1. The van der Waals surface area contributed by atoms with E-state index in [9.17, 15) is 30.0 Å². The van der Waals surface area contributed by atoms with E-state index >= 15 is 0 Å². The van der Waals surface area contributed by atoms with Crippen LogP contribution in [0.15, 0.2) is 30.6 Å². The summed E-state index contributed by atoms with van der Waals surface area (Å²) in [6.45, 7) is 9.81. The number of aliphatic hydroxyl groups excluding tert-OH is 4. The molecule has 4 rings (SSSR count). The number of hydrogen-bond acceptors (Lipinski definition) is 14. The lowest BCUT2D eigenvalue weighted by molar-refractivity contribution is -0.332. The lowest BCUT2D eigenvalue weighted by Gasteiger charge is -2.51. The van der Waals surface area contributed by atoms with Crippen LogP contribution in [0.25, 0.3) is 11.4 Å². The molecule has 6 N–H and O–H groups in total. The van der Waals surface area contributed by atoms with E-state index in [0.717, 1.165) is 5.56 Å². The highest BCUT2D eigenvalue weighted by Crippen LogP contribution is 2.36. The molecular formula is C30H44N6O10. The first-order valence-electron chi connectivity index (χ1n) is 15.1. The van der Waals surface area contributed by atoms with Crippen LogP contribution in [0, 0.1) is 5.41 Å². The summed E-state index contributed by atoms with van der Waals surface area (Å²) in [6.07, 6.45) is -11.5. The van der Waals surface area contributed by atoms with Crippen LogP contribution in [0.5, 0.6) is 0 Å². The number of hydrogen-bond donors (Lipinski definition) is 6. The number of amides is 2. The number of carbonyl (C=O) groups is 2. The van der Waals surface area contributed by atoms with Crippen molar-refractivity contribution < 1.29 is 49.0 Å². The van der Waals surface area contributed by atoms with E-state index in [1.54, 1.807) is 38.1 Å². The highest BCUT2D eigenvalue weighted by molar-refractivity contribution is 5.81. The fourth-order valence-electron chi connectivity index (χ4n) is 5.56. The third-order valence-electron chi connectivity index (χ3n) is 7.73. The Morgan fingerprint density at radius 3 is 2.20 bits per heavy atom. The molecule has 2 amide bonds. The topological polar surface area (TPSA) is 228 Å². The largest absolute Gasteiger partial charge is 0.394 e. The summed E-state index contributed by atoms with van der Waals surface area (Å²) in [7, 11) is 0. The van der Waals surface area contributed by atoms with Crippen LogP contribution < -0.4 is 10.6 Å². The molecule has 2 aliphatic rings. The molecule has 2 aliphatic heterocycles. The van der Waals surface area contributed by atoms with Crippen molar-refractivity contribution >= 4 is 11.8 Å². The summed E-state index contributed by atoms with van der Waals surface area (Å²) in [5, 5.41) is 64.2. The van der Waals surface area contributed by atoms with Gasteiger partial charge < -0.3 is 50.0 Å². The predicted octanol–water partition coefficient (Wildman–Crippen LogP) is -1.15. The van der Waals surface area contributed by atoms with E-state index < -0.39 is 91.1 Å². The number of benzene rings is 1. The van der Waals surface area contributed by atoms with Crippen LogP contribution in [0.4, 0.5) is 0 Å². The molecule has 0 spiro atoms.